The fourth-order valence-corrected chi connectivity index (χ4v) is 0.685. The Morgan fingerprint density at radius 2 is 2.23 bits per heavy atom. The summed E-state index contributed by atoms with van der Waals surface area (Å²) >= 11 is 0. The molecule has 0 bridgehead atoms. The van der Waals surface area contributed by atoms with Crippen LogP contribution in [0.25, 0.3) is 0 Å². The molecule has 1 atom stereocenters. The molecule has 0 spiro atoms. The van der Waals surface area contributed by atoms with Crippen molar-refractivity contribution in [2.75, 3.05) is 6.61 Å². The van der Waals surface area contributed by atoms with Crippen LogP contribution in [0.4, 0.5) is 0 Å². The summed E-state index contributed by atoms with van der Waals surface area (Å²) in [4.78, 5) is 11.2. The van der Waals surface area contributed by atoms with E-state index >= 15 is 0 Å². The largest absolute Gasteiger partial charge is 0.480 e. The van der Waals surface area contributed by atoms with Gasteiger partial charge in [0.15, 0.2) is 0 Å². The quantitative estimate of drug-likeness (QED) is 0.284. The number of carbonyl (C=O) groups excluding carboxylic acids is 1. The van der Waals surface area contributed by atoms with Crippen LogP contribution in [0.5, 0.6) is 0 Å². The maximum absolute atomic E-state index is 11.2. The highest BCUT2D eigenvalue weighted by Gasteiger charge is 2.12. The molecule has 0 fully saturated rings. The molecule has 0 aliphatic heterocycles. The van der Waals surface area contributed by atoms with Crippen molar-refractivity contribution in [2.24, 2.45) is 0 Å². The van der Waals surface area contributed by atoms with Gasteiger partial charge in [-0.25, -0.2) is 4.79 Å². The summed E-state index contributed by atoms with van der Waals surface area (Å²) in [5.74, 6) is -0.201. The number of hydrogen-bond acceptors (Lipinski definition) is 3. The molecule has 0 aromatic carbocycles. The van der Waals surface area contributed by atoms with Crippen molar-refractivity contribution >= 4 is 5.97 Å². The average molecular weight is 184 g/mol. The molecule has 0 amide bonds. The van der Waals surface area contributed by atoms with E-state index in [1.165, 1.54) is 0 Å². The van der Waals surface area contributed by atoms with Crippen LogP contribution < -0.4 is 0 Å². The van der Waals surface area contributed by atoms with Crippen LogP contribution in [0.2, 0.25) is 0 Å². The smallest absolute Gasteiger partial charge is 0.373 e. The molecule has 0 aliphatic rings. The van der Waals surface area contributed by atoms with E-state index in [1.54, 1.807) is 32.9 Å². The molecule has 0 rings (SSSR count). The summed E-state index contributed by atoms with van der Waals surface area (Å²) in [6.07, 6.45) is 3.01. The SMILES string of the molecule is C=C[C@H](C)O/C(=C\C)C(=O)OCC. The minimum absolute atomic E-state index is 0.185. The standard InChI is InChI=1S/C10H16O3/c1-5-8(4)13-9(6-2)10(11)12-7-3/h5-6,8H,1,7H2,2-4H3/b9-6-/t8-/m0/s1. The highest BCUT2D eigenvalue weighted by molar-refractivity contribution is 5.86. The van der Waals surface area contributed by atoms with Gasteiger partial charge in [0.25, 0.3) is 0 Å². The van der Waals surface area contributed by atoms with E-state index < -0.39 is 5.97 Å². The van der Waals surface area contributed by atoms with Gasteiger partial charge in [0, 0.05) is 0 Å². The van der Waals surface area contributed by atoms with Gasteiger partial charge in [0.05, 0.1) is 6.61 Å². The van der Waals surface area contributed by atoms with Crippen LogP contribution in [0.15, 0.2) is 24.5 Å². The van der Waals surface area contributed by atoms with Crippen molar-refractivity contribution in [3.63, 3.8) is 0 Å². The van der Waals surface area contributed by atoms with E-state index in [0.29, 0.717) is 6.61 Å². The molecular formula is C10H16O3. The minimum Gasteiger partial charge on any atom is -0.480 e. The van der Waals surface area contributed by atoms with E-state index in [2.05, 4.69) is 6.58 Å². The number of allylic oxidation sites excluding steroid dienone is 1. The van der Waals surface area contributed by atoms with E-state index in [1.807, 2.05) is 0 Å². The predicted octanol–water partition coefficient (Wildman–Crippen LogP) is 2.04. The Morgan fingerprint density at radius 1 is 1.62 bits per heavy atom. The first-order chi connectivity index (χ1) is 6.15. The summed E-state index contributed by atoms with van der Waals surface area (Å²) in [7, 11) is 0. The lowest BCUT2D eigenvalue weighted by atomic mass is 10.4. The van der Waals surface area contributed by atoms with E-state index in [0.717, 1.165) is 0 Å². The number of rotatable bonds is 5. The highest BCUT2D eigenvalue weighted by Crippen LogP contribution is 2.05. The van der Waals surface area contributed by atoms with Gasteiger partial charge >= 0.3 is 5.97 Å². The van der Waals surface area contributed by atoms with Crippen LogP contribution >= 0.6 is 0 Å². The van der Waals surface area contributed by atoms with Crippen LogP contribution in [0, 0.1) is 0 Å². The Balaban J connectivity index is 4.19. The Hall–Kier alpha value is -1.25. The summed E-state index contributed by atoms with van der Waals surface area (Å²) in [6.45, 7) is 9.18. The van der Waals surface area contributed by atoms with Crippen molar-refractivity contribution in [3.8, 4) is 0 Å². The number of esters is 1. The summed E-state index contributed by atoms with van der Waals surface area (Å²) in [5.41, 5.74) is 0. The molecule has 0 heterocycles. The van der Waals surface area contributed by atoms with Gasteiger partial charge in [-0.2, -0.15) is 0 Å². The highest BCUT2D eigenvalue weighted by atomic mass is 16.6. The lowest BCUT2D eigenvalue weighted by Gasteiger charge is -2.12. The van der Waals surface area contributed by atoms with Gasteiger partial charge in [-0.15, -0.1) is 0 Å². The molecule has 0 N–H and O–H groups in total. The Kier molecular flexibility index (Phi) is 5.68. The average Bonchev–Trinajstić information content (AvgIpc) is 2.14. The zero-order valence-electron chi connectivity index (χ0n) is 8.37. The maximum Gasteiger partial charge on any atom is 0.373 e. The van der Waals surface area contributed by atoms with E-state index in [-0.39, 0.29) is 11.9 Å². The molecule has 3 heteroatoms. The third kappa shape index (κ3) is 4.35. The fraction of sp³-hybridized carbons (Fsp3) is 0.500. The predicted molar refractivity (Wildman–Crippen MR) is 51.1 cm³/mol. The molecule has 13 heavy (non-hydrogen) atoms. The Bertz CT molecular complexity index is 206. The summed E-state index contributed by atoms with van der Waals surface area (Å²) in [6, 6.07) is 0. The Labute approximate surface area is 79.0 Å². The first-order valence-corrected chi connectivity index (χ1v) is 4.28. The maximum atomic E-state index is 11.2. The zero-order valence-corrected chi connectivity index (χ0v) is 8.37. The molecule has 0 saturated heterocycles. The van der Waals surface area contributed by atoms with Gasteiger partial charge in [-0.1, -0.05) is 12.7 Å². The molecule has 0 radical (unpaired) electrons. The monoisotopic (exact) mass is 184 g/mol. The molecule has 0 unspecified atom stereocenters. The summed E-state index contributed by atoms with van der Waals surface area (Å²) in [5, 5.41) is 0. The molecule has 74 valence electrons. The normalized spacial score (nSPS) is 13.3. The first kappa shape index (κ1) is 11.8. The van der Waals surface area contributed by atoms with Crippen LogP contribution in [0.1, 0.15) is 20.8 Å². The van der Waals surface area contributed by atoms with E-state index in [9.17, 15) is 4.79 Å². The number of ether oxygens (including phenoxy) is 2. The lowest BCUT2D eigenvalue weighted by Crippen LogP contribution is -2.14. The molecule has 0 aromatic rings. The fourth-order valence-electron chi connectivity index (χ4n) is 0.685. The third-order valence-electron chi connectivity index (χ3n) is 1.38. The molecular weight excluding hydrogens is 168 g/mol. The topological polar surface area (TPSA) is 35.5 Å². The van der Waals surface area contributed by atoms with Crippen molar-refractivity contribution in [1.29, 1.82) is 0 Å². The second-order valence-corrected chi connectivity index (χ2v) is 2.43. The second-order valence-electron chi connectivity index (χ2n) is 2.43. The van der Waals surface area contributed by atoms with Gasteiger partial charge in [-0.3, -0.25) is 0 Å². The molecule has 0 aromatic heterocycles. The first-order valence-electron chi connectivity index (χ1n) is 4.28. The van der Waals surface area contributed by atoms with Gasteiger partial charge in [0.1, 0.15) is 6.10 Å². The minimum atomic E-state index is -0.432. The van der Waals surface area contributed by atoms with Crippen molar-refractivity contribution in [3.05, 3.63) is 24.5 Å². The van der Waals surface area contributed by atoms with Crippen molar-refractivity contribution in [2.45, 2.75) is 26.9 Å². The van der Waals surface area contributed by atoms with Crippen molar-refractivity contribution < 1.29 is 14.3 Å². The van der Waals surface area contributed by atoms with Crippen molar-refractivity contribution in [1.82, 2.24) is 0 Å². The number of hydrogen-bond donors (Lipinski definition) is 0. The molecule has 0 aliphatic carbocycles. The van der Waals surface area contributed by atoms with Crippen LogP contribution in [-0.4, -0.2) is 18.7 Å². The summed E-state index contributed by atoms with van der Waals surface area (Å²) < 4.78 is 10.0. The lowest BCUT2D eigenvalue weighted by molar-refractivity contribution is -0.143. The van der Waals surface area contributed by atoms with Crippen LogP contribution in [-0.2, 0) is 14.3 Å². The van der Waals surface area contributed by atoms with Gasteiger partial charge in [-0.05, 0) is 26.8 Å². The molecule has 0 saturated carbocycles. The van der Waals surface area contributed by atoms with E-state index in [4.69, 9.17) is 9.47 Å². The van der Waals surface area contributed by atoms with Gasteiger partial charge < -0.3 is 9.47 Å². The zero-order chi connectivity index (χ0) is 10.3. The van der Waals surface area contributed by atoms with Crippen LogP contribution in [0.3, 0.4) is 0 Å². The van der Waals surface area contributed by atoms with Gasteiger partial charge in [0.2, 0.25) is 5.76 Å². The second kappa shape index (κ2) is 6.29. The third-order valence-corrected chi connectivity index (χ3v) is 1.38. The Morgan fingerprint density at radius 3 is 2.62 bits per heavy atom. The molecule has 3 nitrogen and oxygen atoms in total. The number of carbonyl (C=O) groups is 1.